The molecule has 0 atom stereocenters. The van der Waals surface area contributed by atoms with E-state index in [2.05, 4.69) is 4.98 Å². The van der Waals surface area contributed by atoms with Gasteiger partial charge in [-0.25, -0.2) is 0 Å². The van der Waals surface area contributed by atoms with Crippen molar-refractivity contribution in [1.82, 2.24) is 4.98 Å². The molecule has 2 aromatic carbocycles. The second kappa shape index (κ2) is 3.47. The first-order valence-electron chi connectivity index (χ1n) is 5.69. The van der Waals surface area contributed by atoms with E-state index in [9.17, 15) is 0 Å². The number of benzene rings is 2. The Morgan fingerprint density at radius 1 is 0.944 bits per heavy atom. The molecule has 0 aliphatic rings. The first kappa shape index (κ1) is 9.92. The molecule has 0 spiro atoms. The molecular weight excluding hydrogens is 246 g/mol. The fraction of sp³-hybridized carbons (Fsp3) is 0. The van der Waals surface area contributed by atoms with Crippen molar-refractivity contribution in [3.05, 3.63) is 53.7 Å². The summed E-state index contributed by atoms with van der Waals surface area (Å²) in [4.78, 5) is 4.36. The van der Waals surface area contributed by atoms with Gasteiger partial charge in [-0.1, -0.05) is 35.9 Å². The summed E-state index contributed by atoms with van der Waals surface area (Å²) in [5.41, 5.74) is 2.50. The molecule has 0 radical (unpaired) electrons. The molecule has 0 N–H and O–H groups in total. The summed E-state index contributed by atoms with van der Waals surface area (Å²) in [6.45, 7) is 0. The lowest BCUT2D eigenvalue weighted by Gasteiger charge is -2.00. The van der Waals surface area contributed by atoms with Gasteiger partial charge in [-0.05, 0) is 18.2 Å². The molecule has 4 aromatic rings. The van der Waals surface area contributed by atoms with Gasteiger partial charge in [0.15, 0.2) is 5.58 Å². The molecule has 0 saturated heterocycles. The predicted molar refractivity (Wildman–Crippen MR) is 74.0 cm³/mol. The zero-order chi connectivity index (χ0) is 12.1. The van der Waals surface area contributed by atoms with Gasteiger partial charge in [-0.3, -0.25) is 4.98 Å². The number of rotatable bonds is 0. The largest absolute Gasteiger partial charge is 0.454 e. The highest BCUT2D eigenvalue weighted by molar-refractivity contribution is 6.38. The lowest BCUT2D eigenvalue weighted by molar-refractivity contribution is 0.672. The minimum Gasteiger partial charge on any atom is -0.454 e. The van der Waals surface area contributed by atoms with Gasteiger partial charge in [-0.15, -0.1) is 0 Å². The van der Waals surface area contributed by atoms with Crippen molar-refractivity contribution in [2.24, 2.45) is 0 Å². The normalized spacial score (nSPS) is 11.6. The Balaban J connectivity index is 2.36. The van der Waals surface area contributed by atoms with Gasteiger partial charge < -0.3 is 4.42 Å². The van der Waals surface area contributed by atoms with Crippen LogP contribution in [0.25, 0.3) is 32.8 Å². The maximum atomic E-state index is 6.32. The van der Waals surface area contributed by atoms with E-state index >= 15 is 0 Å². The summed E-state index contributed by atoms with van der Waals surface area (Å²) >= 11 is 6.32. The molecule has 0 fully saturated rings. The van der Waals surface area contributed by atoms with Crippen LogP contribution in [-0.4, -0.2) is 4.98 Å². The summed E-state index contributed by atoms with van der Waals surface area (Å²) in [5, 5.41) is 3.73. The first-order valence-corrected chi connectivity index (χ1v) is 6.07. The lowest BCUT2D eigenvalue weighted by atomic mass is 10.1. The Bertz CT molecular complexity index is 895. The van der Waals surface area contributed by atoms with E-state index in [1.807, 2.05) is 42.5 Å². The van der Waals surface area contributed by atoms with Crippen LogP contribution in [-0.2, 0) is 0 Å². The summed E-state index contributed by atoms with van der Waals surface area (Å²) in [6, 6.07) is 13.7. The molecule has 0 unspecified atom stereocenters. The molecule has 2 heterocycles. The SMILES string of the molecule is Clc1cc2c3ncccc3oc2c2ccccc12. The third-order valence-electron chi connectivity index (χ3n) is 3.18. The molecule has 2 aromatic heterocycles. The number of halogens is 1. The van der Waals surface area contributed by atoms with Crippen LogP contribution in [0.3, 0.4) is 0 Å². The molecule has 4 rings (SSSR count). The summed E-state index contributed by atoms with van der Waals surface area (Å²) in [5.74, 6) is 0. The molecule has 18 heavy (non-hydrogen) atoms. The fourth-order valence-corrected chi connectivity index (χ4v) is 2.65. The van der Waals surface area contributed by atoms with Gasteiger partial charge in [-0.2, -0.15) is 0 Å². The van der Waals surface area contributed by atoms with E-state index in [1.54, 1.807) is 6.20 Å². The van der Waals surface area contributed by atoms with E-state index < -0.39 is 0 Å². The topological polar surface area (TPSA) is 26.0 Å². The second-order valence-corrected chi connectivity index (χ2v) is 4.64. The van der Waals surface area contributed by atoms with Crippen LogP contribution in [0.5, 0.6) is 0 Å². The van der Waals surface area contributed by atoms with Crippen LogP contribution in [0.15, 0.2) is 53.1 Å². The van der Waals surface area contributed by atoms with Crippen molar-refractivity contribution < 1.29 is 4.42 Å². The Hall–Kier alpha value is -2.06. The minimum atomic E-state index is 0.728. The van der Waals surface area contributed by atoms with Gasteiger partial charge in [0.05, 0.1) is 0 Å². The van der Waals surface area contributed by atoms with E-state index in [0.29, 0.717) is 0 Å². The van der Waals surface area contributed by atoms with E-state index in [-0.39, 0.29) is 0 Å². The Morgan fingerprint density at radius 3 is 2.67 bits per heavy atom. The quantitative estimate of drug-likeness (QED) is 0.450. The van der Waals surface area contributed by atoms with E-state index in [0.717, 1.165) is 37.9 Å². The predicted octanol–water partition coefficient (Wildman–Crippen LogP) is 4.79. The van der Waals surface area contributed by atoms with Gasteiger partial charge in [0.25, 0.3) is 0 Å². The standard InChI is InChI=1S/C15H8ClNO/c16-12-8-11-14-13(6-3-7-17-14)18-15(11)10-5-2-1-4-9(10)12/h1-8H. The van der Waals surface area contributed by atoms with Gasteiger partial charge in [0.2, 0.25) is 0 Å². The van der Waals surface area contributed by atoms with Crippen LogP contribution in [0.1, 0.15) is 0 Å². The summed E-state index contributed by atoms with van der Waals surface area (Å²) in [7, 11) is 0. The average molecular weight is 254 g/mol. The molecule has 0 aliphatic carbocycles. The van der Waals surface area contributed by atoms with Crippen molar-refractivity contribution >= 4 is 44.4 Å². The smallest absolute Gasteiger partial charge is 0.153 e. The third-order valence-corrected chi connectivity index (χ3v) is 3.50. The highest BCUT2D eigenvalue weighted by atomic mass is 35.5. The highest BCUT2D eigenvalue weighted by Crippen LogP contribution is 2.36. The van der Waals surface area contributed by atoms with Gasteiger partial charge in [0.1, 0.15) is 11.1 Å². The van der Waals surface area contributed by atoms with Crippen LogP contribution in [0, 0.1) is 0 Å². The minimum absolute atomic E-state index is 0.728. The maximum Gasteiger partial charge on any atom is 0.153 e. The van der Waals surface area contributed by atoms with Crippen LogP contribution in [0.4, 0.5) is 0 Å². The van der Waals surface area contributed by atoms with Crippen LogP contribution >= 0.6 is 11.6 Å². The second-order valence-electron chi connectivity index (χ2n) is 4.23. The van der Waals surface area contributed by atoms with Gasteiger partial charge >= 0.3 is 0 Å². The molecule has 0 bridgehead atoms. The molecule has 0 amide bonds. The number of aromatic nitrogens is 1. The summed E-state index contributed by atoms with van der Waals surface area (Å²) < 4.78 is 5.90. The molecule has 3 heteroatoms. The lowest BCUT2D eigenvalue weighted by Crippen LogP contribution is -1.76. The van der Waals surface area contributed by atoms with Crippen molar-refractivity contribution in [3.63, 3.8) is 0 Å². The Kier molecular flexibility index (Phi) is 1.91. The molecule has 0 aliphatic heterocycles. The zero-order valence-corrected chi connectivity index (χ0v) is 10.1. The Labute approximate surface area is 108 Å². The van der Waals surface area contributed by atoms with Crippen LogP contribution < -0.4 is 0 Å². The van der Waals surface area contributed by atoms with Crippen molar-refractivity contribution in [2.75, 3.05) is 0 Å². The van der Waals surface area contributed by atoms with E-state index in [4.69, 9.17) is 16.0 Å². The van der Waals surface area contributed by atoms with Crippen molar-refractivity contribution in [3.8, 4) is 0 Å². The van der Waals surface area contributed by atoms with Crippen molar-refractivity contribution in [2.45, 2.75) is 0 Å². The van der Waals surface area contributed by atoms with Crippen LogP contribution in [0.2, 0.25) is 5.02 Å². The number of nitrogens with zero attached hydrogens (tertiary/aromatic N) is 1. The molecule has 0 saturated carbocycles. The monoisotopic (exact) mass is 253 g/mol. The average Bonchev–Trinajstić information content (AvgIpc) is 2.78. The molecule has 2 nitrogen and oxygen atoms in total. The van der Waals surface area contributed by atoms with Crippen molar-refractivity contribution in [1.29, 1.82) is 0 Å². The zero-order valence-electron chi connectivity index (χ0n) is 9.35. The molecular formula is C15H8ClNO. The fourth-order valence-electron chi connectivity index (χ4n) is 2.38. The summed E-state index contributed by atoms with van der Waals surface area (Å²) in [6.07, 6.45) is 1.76. The first-order chi connectivity index (χ1) is 8.84. The Morgan fingerprint density at radius 2 is 1.78 bits per heavy atom. The number of hydrogen-bond donors (Lipinski definition) is 0. The highest BCUT2D eigenvalue weighted by Gasteiger charge is 2.12. The maximum absolute atomic E-state index is 6.32. The van der Waals surface area contributed by atoms with E-state index in [1.165, 1.54) is 0 Å². The third kappa shape index (κ3) is 1.21. The number of pyridine rings is 1. The van der Waals surface area contributed by atoms with Gasteiger partial charge in [0, 0.05) is 27.4 Å². The molecule has 86 valence electrons. The number of furan rings is 1. The number of hydrogen-bond acceptors (Lipinski definition) is 2. The number of fused-ring (bicyclic) bond motifs is 5.